The van der Waals surface area contributed by atoms with Crippen molar-refractivity contribution in [1.29, 1.82) is 0 Å². The third-order valence-corrected chi connectivity index (χ3v) is 6.55. The number of anilines is 1. The second-order valence-corrected chi connectivity index (χ2v) is 8.78. The van der Waals surface area contributed by atoms with Gasteiger partial charge in [0.15, 0.2) is 5.76 Å². The Morgan fingerprint density at radius 3 is 2.76 bits per heavy atom. The first-order chi connectivity index (χ1) is 16.4. The van der Waals surface area contributed by atoms with E-state index in [1.165, 1.54) is 12.1 Å². The molecule has 2 amide bonds. The Hall–Kier alpha value is -3.81. The molecule has 2 aromatic heterocycles. The Morgan fingerprint density at radius 1 is 1.18 bits per heavy atom. The maximum atomic E-state index is 13.8. The van der Waals surface area contributed by atoms with Gasteiger partial charge in [0.05, 0.1) is 5.71 Å². The van der Waals surface area contributed by atoms with E-state index >= 15 is 0 Å². The molecule has 8 heteroatoms. The van der Waals surface area contributed by atoms with Gasteiger partial charge in [0.1, 0.15) is 11.6 Å². The van der Waals surface area contributed by atoms with Crippen molar-refractivity contribution in [2.75, 3.05) is 4.90 Å². The number of furan rings is 1. The topological polar surface area (TPSA) is 87.8 Å². The van der Waals surface area contributed by atoms with Crippen LogP contribution in [0, 0.1) is 12.7 Å². The van der Waals surface area contributed by atoms with E-state index in [-0.39, 0.29) is 29.4 Å². The number of carbonyl (C=O) groups is 2. The molecule has 1 aliphatic carbocycles. The van der Waals surface area contributed by atoms with Gasteiger partial charge < -0.3 is 9.32 Å². The molecule has 34 heavy (non-hydrogen) atoms. The van der Waals surface area contributed by atoms with Gasteiger partial charge >= 0.3 is 0 Å². The van der Waals surface area contributed by atoms with Crippen LogP contribution in [0.5, 0.6) is 0 Å². The lowest BCUT2D eigenvalue weighted by molar-refractivity contribution is 0.0941. The lowest BCUT2D eigenvalue weighted by Crippen LogP contribution is -2.42. The number of hydrazone groups is 1. The fraction of sp³-hybridized carbons (Fsp3) is 0.308. The minimum Gasteiger partial charge on any atom is -0.455 e. The second kappa shape index (κ2) is 8.85. The Balaban J connectivity index is 1.46. The maximum Gasteiger partial charge on any atom is 0.294 e. The molecule has 1 aromatic carbocycles. The third kappa shape index (κ3) is 3.89. The summed E-state index contributed by atoms with van der Waals surface area (Å²) in [6.07, 6.45) is 6.73. The molecule has 3 heterocycles. The van der Waals surface area contributed by atoms with Gasteiger partial charge in [0, 0.05) is 47.2 Å². The predicted octanol–water partition coefficient (Wildman–Crippen LogP) is 4.57. The molecule has 7 nitrogen and oxygen atoms in total. The van der Waals surface area contributed by atoms with Gasteiger partial charge in [-0.1, -0.05) is 0 Å². The summed E-state index contributed by atoms with van der Waals surface area (Å²) in [7, 11) is 0. The van der Waals surface area contributed by atoms with Crippen molar-refractivity contribution in [3.63, 3.8) is 0 Å². The van der Waals surface area contributed by atoms with Crippen LogP contribution in [0.1, 0.15) is 69.5 Å². The van der Waals surface area contributed by atoms with Crippen molar-refractivity contribution in [2.24, 2.45) is 5.10 Å². The van der Waals surface area contributed by atoms with Gasteiger partial charge in [-0.25, -0.2) is 9.82 Å². The van der Waals surface area contributed by atoms with Crippen molar-refractivity contribution in [3.05, 3.63) is 82.3 Å². The van der Waals surface area contributed by atoms with Crippen LogP contribution in [0.4, 0.5) is 10.1 Å². The number of halogens is 1. The van der Waals surface area contributed by atoms with Crippen molar-refractivity contribution in [2.45, 2.75) is 52.0 Å². The molecule has 5 rings (SSSR count). The minimum absolute atomic E-state index is 0.0419. The number of rotatable bonds is 3. The number of carbonyl (C=O) groups excluding carboxylic acids is 2. The Labute approximate surface area is 196 Å². The molecule has 0 bridgehead atoms. The maximum absolute atomic E-state index is 13.8. The summed E-state index contributed by atoms with van der Waals surface area (Å²) in [5.41, 5.74) is 6.80. The number of hydrogen-bond acceptors (Lipinski definition) is 5. The molecule has 0 fully saturated rings. The molecular formula is C26H25FN4O3. The molecule has 3 aromatic rings. The van der Waals surface area contributed by atoms with Gasteiger partial charge in [-0.3, -0.25) is 14.6 Å². The van der Waals surface area contributed by atoms with E-state index in [1.54, 1.807) is 35.5 Å². The van der Waals surface area contributed by atoms with Crippen molar-refractivity contribution in [1.82, 2.24) is 10.4 Å². The zero-order valence-corrected chi connectivity index (χ0v) is 19.1. The van der Waals surface area contributed by atoms with Gasteiger partial charge in [-0.2, -0.15) is 5.10 Å². The molecule has 0 radical (unpaired) electrons. The summed E-state index contributed by atoms with van der Waals surface area (Å²) in [4.78, 5) is 31.7. The lowest BCUT2D eigenvalue weighted by atomic mass is 9.92. The summed E-state index contributed by atoms with van der Waals surface area (Å²) in [5, 5.41) is 4.38. The molecule has 0 spiro atoms. The first-order valence-corrected chi connectivity index (χ1v) is 11.5. The van der Waals surface area contributed by atoms with Crippen LogP contribution >= 0.6 is 0 Å². The fourth-order valence-electron chi connectivity index (χ4n) is 4.81. The first kappa shape index (κ1) is 22.0. The average Bonchev–Trinajstić information content (AvgIpc) is 3.19. The van der Waals surface area contributed by atoms with Crippen LogP contribution in [0.3, 0.4) is 0 Å². The van der Waals surface area contributed by atoms with Gasteiger partial charge in [0.2, 0.25) is 0 Å². The summed E-state index contributed by atoms with van der Waals surface area (Å²) >= 11 is 0. The summed E-state index contributed by atoms with van der Waals surface area (Å²) in [6, 6.07) is 7.74. The molecule has 1 atom stereocenters. The monoisotopic (exact) mass is 460 g/mol. The number of hydrogen-bond donors (Lipinski definition) is 1. The Morgan fingerprint density at radius 2 is 1.97 bits per heavy atom. The van der Waals surface area contributed by atoms with Gasteiger partial charge in [0.25, 0.3) is 11.8 Å². The van der Waals surface area contributed by atoms with E-state index < -0.39 is 0 Å². The van der Waals surface area contributed by atoms with E-state index in [2.05, 4.69) is 15.5 Å². The van der Waals surface area contributed by atoms with E-state index in [0.717, 1.165) is 36.1 Å². The molecule has 1 N–H and O–H groups in total. The van der Waals surface area contributed by atoms with E-state index in [9.17, 15) is 14.0 Å². The summed E-state index contributed by atoms with van der Waals surface area (Å²) < 4.78 is 19.9. The third-order valence-electron chi connectivity index (χ3n) is 6.55. The number of amides is 2. The highest BCUT2D eigenvalue weighted by atomic mass is 19.1. The molecule has 0 saturated heterocycles. The normalized spacial score (nSPS) is 18.4. The van der Waals surface area contributed by atoms with Crippen molar-refractivity contribution in [3.8, 4) is 0 Å². The molecule has 0 saturated carbocycles. The van der Waals surface area contributed by atoms with Crippen molar-refractivity contribution < 1.29 is 18.4 Å². The number of fused-ring (bicyclic) bond motifs is 2. The average molecular weight is 461 g/mol. The number of nitrogens with zero attached hydrogens (tertiary/aromatic N) is 3. The second-order valence-electron chi connectivity index (χ2n) is 8.78. The predicted molar refractivity (Wildman–Crippen MR) is 126 cm³/mol. The Kier molecular flexibility index (Phi) is 5.73. The van der Waals surface area contributed by atoms with Crippen LogP contribution < -0.4 is 10.3 Å². The summed E-state index contributed by atoms with van der Waals surface area (Å²) in [5.74, 6) is 0.0923. The number of pyridine rings is 1. The quantitative estimate of drug-likeness (QED) is 0.580. The van der Waals surface area contributed by atoms with Crippen LogP contribution in [-0.4, -0.2) is 28.6 Å². The highest BCUT2D eigenvalue weighted by Gasteiger charge is 2.35. The summed E-state index contributed by atoms with van der Waals surface area (Å²) in [6.45, 7) is 3.84. The minimum atomic E-state index is -0.328. The molecular weight excluding hydrogens is 435 g/mol. The standard InChI is InChI=1S/C26H25FN4O3/c1-15-6-7-18-14-19(27)8-9-21(18)31(15)26(33)24-16(2)23-20(4-3-5-22(23)34-24)29-30-25(32)17-10-12-28-13-11-17/h8-15H,3-7H2,1-2H3,(H,30,32)/b29-20+. The number of nitrogens with one attached hydrogen (secondary N) is 1. The largest absolute Gasteiger partial charge is 0.455 e. The molecule has 1 aliphatic heterocycles. The first-order valence-electron chi connectivity index (χ1n) is 11.5. The number of aryl methyl sites for hydroxylation is 2. The highest BCUT2D eigenvalue weighted by Crippen LogP contribution is 2.36. The zero-order valence-electron chi connectivity index (χ0n) is 19.1. The Bertz CT molecular complexity index is 1300. The van der Waals surface area contributed by atoms with Gasteiger partial charge in [-0.15, -0.1) is 0 Å². The smallest absolute Gasteiger partial charge is 0.294 e. The molecule has 1 unspecified atom stereocenters. The number of aromatic nitrogens is 1. The fourth-order valence-corrected chi connectivity index (χ4v) is 4.81. The van der Waals surface area contributed by atoms with Crippen molar-refractivity contribution >= 4 is 23.2 Å². The molecule has 174 valence electrons. The van der Waals surface area contributed by atoms with E-state index in [0.29, 0.717) is 35.4 Å². The highest BCUT2D eigenvalue weighted by molar-refractivity contribution is 6.11. The molecule has 2 aliphatic rings. The van der Waals surface area contributed by atoms with Gasteiger partial charge in [-0.05, 0) is 75.4 Å². The van der Waals surface area contributed by atoms with Crippen LogP contribution in [0.2, 0.25) is 0 Å². The van der Waals surface area contributed by atoms with Crippen LogP contribution in [0.25, 0.3) is 0 Å². The SMILES string of the molecule is Cc1c(C(=O)N2c3ccc(F)cc3CCC2C)oc2c1/C(=N/NC(=O)c1ccncc1)CCC2. The van der Waals surface area contributed by atoms with E-state index in [4.69, 9.17) is 4.42 Å². The number of benzene rings is 1. The lowest BCUT2D eigenvalue weighted by Gasteiger charge is -2.34. The van der Waals surface area contributed by atoms with Crippen LogP contribution in [-0.2, 0) is 12.8 Å². The van der Waals surface area contributed by atoms with E-state index in [1.807, 2.05) is 13.8 Å². The van der Waals surface area contributed by atoms with Crippen LogP contribution in [0.15, 0.2) is 52.2 Å². The zero-order chi connectivity index (χ0) is 23.8.